The topological polar surface area (TPSA) is 69.6 Å². The lowest BCUT2D eigenvalue weighted by molar-refractivity contribution is 0.127. The minimum absolute atomic E-state index is 0.523. The van der Waals surface area contributed by atoms with Crippen molar-refractivity contribution in [2.75, 3.05) is 0 Å². The standard InChI is InChI=1S/C12H17NO3/c1-3-9-4-6-10(7-5-9)11(14)8(2)13-12(15)16/h4-8,11,13-14H,3H2,1-2H3,(H,15,16). The van der Waals surface area contributed by atoms with Gasteiger partial charge in [-0.1, -0.05) is 31.2 Å². The Morgan fingerprint density at radius 1 is 1.38 bits per heavy atom. The minimum Gasteiger partial charge on any atom is -0.465 e. The third kappa shape index (κ3) is 3.24. The summed E-state index contributed by atoms with van der Waals surface area (Å²) in [5.74, 6) is 0. The highest BCUT2D eigenvalue weighted by Gasteiger charge is 2.17. The molecule has 0 spiro atoms. The van der Waals surface area contributed by atoms with E-state index < -0.39 is 18.2 Å². The molecule has 1 aromatic rings. The maximum Gasteiger partial charge on any atom is 0.404 e. The SMILES string of the molecule is CCc1ccc(C(O)C(C)NC(=O)O)cc1. The molecule has 3 N–H and O–H groups in total. The molecule has 0 saturated carbocycles. The number of aliphatic hydroxyl groups excluding tert-OH is 1. The summed E-state index contributed by atoms with van der Waals surface area (Å²) < 4.78 is 0. The predicted molar refractivity (Wildman–Crippen MR) is 61.4 cm³/mol. The molecule has 1 rings (SSSR count). The first-order valence-corrected chi connectivity index (χ1v) is 5.31. The van der Waals surface area contributed by atoms with Crippen molar-refractivity contribution in [2.45, 2.75) is 32.4 Å². The van der Waals surface area contributed by atoms with Crippen molar-refractivity contribution in [3.05, 3.63) is 35.4 Å². The smallest absolute Gasteiger partial charge is 0.404 e. The summed E-state index contributed by atoms with van der Waals surface area (Å²) in [4.78, 5) is 10.4. The van der Waals surface area contributed by atoms with Crippen LogP contribution in [0.5, 0.6) is 0 Å². The zero-order valence-corrected chi connectivity index (χ0v) is 9.47. The first-order chi connectivity index (χ1) is 7.54. The van der Waals surface area contributed by atoms with Crippen LogP contribution in [-0.2, 0) is 6.42 Å². The number of hydrogen-bond donors (Lipinski definition) is 3. The number of aliphatic hydroxyl groups is 1. The van der Waals surface area contributed by atoms with E-state index in [0.29, 0.717) is 0 Å². The largest absolute Gasteiger partial charge is 0.465 e. The van der Waals surface area contributed by atoms with Crippen LogP contribution in [-0.4, -0.2) is 22.3 Å². The van der Waals surface area contributed by atoms with Crippen LogP contribution in [0.4, 0.5) is 4.79 Å². The van der Waals surface area contributed by atoms with Gasteiger partial charge in [0.2, 0.25) is 0 Å². The number of hydrogen-bond acceptors (Lipinski definition) is 2. The van der Waals surface area contributed by atoms with Gasteiger partial charge >= 0.3 is 6.09 Å². The molecule has 4 nitrogen and oxygen atoms in total. The van der Waals surface area contributed by atoms with Crippen molar-refractivity contribution >= 4 is 6.09 Å². The Hall–Kier alpha value is -1.55. The summed E-state index contributed by atoms with van der Waals surface area (Å²) in [6.07, 6.45) is -1.00. The molecule has 0 aliphatic heterocycles. The lowest BCUT2D eigenvalue weighted by Gasteiger charge is -2.19. The van der Waals surface area contributed by atoms with E-state index in [2.05, 4.69) is 12.2 Å². The van der Waals surface area contributed by atoms with Crippen molar-refractivity contribution in [1.82, 2.24) is 5.32 Å². The number of aryl methyl sites for hydroxylation is 1. The molecule has 0 aliphatic rings. The molecule has 0 saturated heterocycles. The predicted octanol–water partition coefficient (Wildman–Crippen LogP) is 1.94. The highest BCUT2D eigenvalue weighted by atomic mass is 16.4. The number of amides is 1. The average Bonchev–Trinajstić information content (AvgIpc) is 2.27. The highest BCUT2D eigenvalue weighted by Crippen LogP contribution is 2.17. The van der Waals surface area contributed by atoms with Crippen molar-refractivity contribution in [3.8, 4) is 0 Å². The molecule has 2 unspecified atom stereocenters. The van der Waals surface area contributed by atoms with Crippen molar-refractivity contribution in [3.63, 3.8) is 0 Å². The van der Waals surface area contributed by atoms with Crippen LogP contribution < -0.4 is 5.32 Å². The van der Waals surface area contributed by atoms with Gasteiger partial charge in [0.05, 0.1) is 12.1 Å². The Morgan fingerprint density at radius 2 is 1.94 bits per heavy atom. The summed E-state index contributed by atoms with van der Waals surface area (Å²) >= 11 is 0. The fourth-order valence-electron chi connectivity index (χ4n) is 1.51. The molecule has 0 radical (unpaired) electrons. The summed E-state index contributed by atoms with van der Waals surface area (Å²) in [5, 5.41) is 20.7. The molecule has 0 aromatic heterocycles. The van der Waals surface area contributed by atoms with Crippen LogP contribution in [0.25, 0.3) is 0 Å². The molecular formula is C12H17NO3. The van der Waals surface area contributed by atoms with E-state index >= 15 is 0 Å². The molecule has 0 bridgehead atoms. The summed E-state index contributed by atoms with van der Waals surface area (Å²) in [6, 6.07) is 7.00. The van der Waals surface area contributed by atoms with Crippen LogP contribution in [0.3, 0.4) is 0 Å². The Balaban J connectivity index is 2.71. The van der Waals surface area contributed by atoms with E-state index in [1.54, 1.807) is 6.92 Å². The summed E-state index contributed by atoms with van der Waals surface area (Å²) in [7, 11) is 0. The second kappa shape index (κ2) is 5.51. The van der Waals surface area contributed by atoms with E-state index in [1.165, 1.54) is 5.56 Å². The zero-order valence-electron chi connectivity index (χ0n) is 9.47. The molecule has 16 heavy (non-hydrogen) atoms. The molecule has 0 heterocycles. The van der Waals surface area contributed by atoms with Gasteiger partial charge in [0.25, 0.3) is 0 Å². The maximum atomic E-state index is 10.4. The first kappa shape index (κ1) is 12.5. The van der Waals surface area contributed by atoms with Gasteiger partial charge in [-0.2, -0.15) is 0 Å². The molecular weight excluding hydrogens is 206 g/mol. The quantitative estimate of drug-likeness (QED) is 0.730. The van der Waals surface area contributed by atoms with Crippen LogP contribution in [0.1, 0.15) is 31.1 Å². The van der Waals surface area contributed by atoms with E-state index in [9.17, 15) is 9.90 Å². The van der Waals surface area contributed by atoms with Gasteiger partial charge < -0.3 is 15.5 Å². The van der Waals surface area contributed by atoms with E-state index in [4.69, 9.17) is 5.11 Å². The van der Waals surface area contributed by atoms with E-state index in [-0.39, 0.29) is 0 Å². The van der Waals surface area contributed by atoms with Crippen molar-refractivity contribution < 1.29 is 15.0 Å². The molecule has 2 atom stereocenters. The summed E-state index contributed by atoms with van der Waals surface area (Å²) in [6.45, 7) is 3.69. The number of carbonyl (C=O) groups is 1. The van der Waals surface area contributed by atoms with Crippen LogP contribution in [0.15, 0.2) is 24.3 Å². The first-order valence-electron chi connectivity index (χ1n) is 5.31. The Labute approximate surface area is 94.9 Å². The number of nitrogens with one attached hydrogen (secondary N) is 1. The van der Waals surface area contributed by atoms with Gasteiger partial charge in [-0.05, 0) is 24.5 Å². The van der Waals surface area contributed by atoms with Gasteiger partial charge in [0, 0.05) is 0 Å². The van der Waals surface area contributed by atoms with E-state index in [0.717, 1.165) is 12.0 Å². The lowest BCUT2D eigenvalue weighted by Crippen LogP contribution is -2.35. The molecule has 0 aliphatic carbocycles. The van der Waals surface area contributed by atoms with Gasteiger partial charge in [0.15, 0.2) is 0 Å². The molecule has 88 valence electrons. The summed E-state index contributed by atoms with van der Waals surface area (Å²) in [5.41, 5.74) is 1.91. The number of benzene rings is 1. The molecule has 1 amide bonds. The van der Waals surface area contributed by atoms with E-state index in [1.807, 2.05) is 24.3 Å². The van der Waals surface area contributed by atoms with Crippen molar-refractivity contribution in [2.24, 2.45) is 0 Å². The second-order valence-electron chi connectivity index (χ2n) is 3.78. The monoisotopic (exact) mass is 223 g/mol. The van der Waals surface area contributed by atoms with Gasteiger partial charge in [-0.3, -0.25) is 0 Å². The van der Waals surface area contributed by atoms with Gasteiger partial charge in [-0.15, -0.1) is 0 Å². The fourth-order valence-corrected chi connectivity index (χ4v) is 1.51. The third-order valence-corrected chi connectivity index (χ3v) is 2.55. The Kier molecular flexibility index (Phi) is 4.31. The molecule has 1 aromatic carbocycles. The lowest BCUT2D eigenvalue weighted by atomic mass is 10.0. The number of carboxylic acid groups (broad SMARTS) is 1. The second-order valence-corrected chi connectivity index (χ2v) is 3.78. The third-order valence-electron chi connectivity index (χ3n) is 2.55. The fraction of sp³-hybridized carbons (Fsp3) is 0.417. The minimum atomic E-state index is -1.13. The average molecular weight is 223 g/mol. The number of rotatable bonds is 4. The Bertz CT molecular complexity index is 348. The maximum absolute atomic E-state index is 10.4. The van der Waals surface area contributed by atoms with Crippen LogP contribution in [0, 0.1) is 0 Å². The van der Waals surface area contributed by atoms with Gasteiger partial charge in [-0.25, -0.2) is 4.79 Å². The Morgan fingerprint density at radius 3 is 2.38 bits per heavy atom. The normalized spacial score (nSPS) is 14.2. The van der Waals surface area contributed by atoms with Crippen LogP contribution in [0.2, 0.25) is 0 Å². The zero-order chi connectivity index (χ0) is 12.1. The highest BCUT2D eigenvalue weighted by molar-refractivity contribution is 5.64. The molecule has 4 heteroatoms. The van der Waals surface area contributed by atoms with Gasteiger partial charge in [0.1, 0.15) is 0 Å². The van der Waals surface area contributed by atoms with Crippen LogP contribution >= 0.6 is 0 Å². The molecule has 0 fully saturated rings. The van der Waals surface area contributed by atoms with Crippen molar-refractivity contribution in [1.29, 1.82) is 0 Å².